The Kier molecular flexibility index (Phi) is 4.10. The third-order valence-corrected chi connectivity index (χ3v) is 1.80. The van der Waals surface area contributed by atoms with Gasteiger partial charge in [0, 0.05) is 6.04 Å². The molecule has 0 aromatic heterocycles. The Balaban J connectivity index is 2.34. The van der Waals surface area contributed by atoms with E-state index >= 15 is 0 Å². The summed E-state index contributed by atoms with van der Waals surface area (Å²) in [6.45, 7) is 0.219. The van der Waals surface area contributed by atoms with Crippen molar-refractivity contribution in [3.63, 3.8) is 0 Å². The van der Waals surface area contributed by atoms with E-state index in [9.17, 15) is 4.79 Å². The van der Waals surface area contributed by atoms with Crippen molar-refractivity contribution >= 4 is 6.09 Å². The molecule has 1 amide bonds. The van der Waals surface area contributed by atoms with Gasteiger partial charge in [-0.05, 0) is 12.0 Å². The van der Waals surface area contributed by atoms with Crippen LogP contribution in [-0.2, 0) is 11.2 Å². The number of hydrogen-bond donors (Lipinski definition) is 2. The van der Waals surface area contributed by atoms with Crippen LogP contribution in [0.2, 0.25) is 0 Å². The second kappa shape index (κ2) is 5.36. The molecule has 0 saturated carbocycles. The molecule has 0 radical (unpaired) electrons. The number of amides is 1. The summed E-state index contributed by atoms with van der Waals surface area (Å²) >= 11 is 0. The first kappa shape index (κ1) is 10.7. The number of carbonyl (C=O) groups excluding carboxylic acids is 1. The molecule has 14 heavy (non-hydrogen) atoms. The van der Waals surface area contributed by atoms with Crippen molar-refractivity contribution < 1.29 is 15.3 Å². The van der Waals surface area contributed by atoms with Crippen molar-refractivity contribution in [3.8, 4) is 0 Å². The molecule has 0 aliphatic carbocycles. The minimum absolute atomic E-state index is 0.164. The Hall–Kier alpha value is -1.39. The number of carbonyl (C=O) groups is 1. The summed E-state index contributed by atoms with van der Waals surface area (Å²) in [6, 6.07) is 9.68. The molecule has 76 valence electrons. The molecular weight excluding hydrogens is 180 g/mol. The van der Waals surface area contributed by atoms with Gasteiger partial charge in [-0.1, -0.05) is 30.3 Å². The molecule has 4 heteroatoms. The number of benzene rings is 1. The molecule has 0 aliphatic rings. The van der Waals surface area contributed by atoms with E-state index in [1.165, 1.54) is 0 Å². The van der Waals surface area contributed by atoms with E-state index < -0.39 is 6.09 Å². The maximum Gasteiger partial charge on any atom is 0.511 e. The molecule has 5 N–H and O–H groups in total. The van der Waals surface area contributed by atoms with Gasteiger partial charge in [0.1, 0.15) is 6.61 Å². The Bertz CT molecular complexity index is 287. The van der Waals surface area contributed by atoms with Gasteiger partial charge in [-0.3, -0.25) is 5.73 Å². The van der Waals surface area contributed by atoms with Crippen LogP contribution in [0.25, 0.3) is 0 Å². The number of hydrogen-bond acceptors (Lipinski definition) is 3. The number of quaternary nitrogens is 1. The van der Waals surface area contributed by atoms with Crippen LogP contribution in [0, 0.1) is 0 Å². The average molecular weight is 195 g/mol. The Morgan fingerprint density at radius 1 is 1.43 bits per heavy atom. The fourth-order valence-electron chi connectivity index (χ4n) is 1.18. The summed E-state index contributed by atoms with van der Waals surface area (Å²) in [7, 11) is 0. The zero-order chi connectivity index (χ0) is 10.4. The van der Waals surface area contributed by atoms with Gasteiger partial charge >= 0.3 is 6.09 Å². The van der Waals surface area contributed by atoms with Crippen molar-refractivity contribution in [1.29, 1.82) is 0 Å². The van der Waals surface area contributed by atoms with Crippen LogP contribution in [0.4, 0.5) is 4.79 Å². The number of nitrogens with two attached hydrogens (primary N) is 1. The summed E-state index contributed by atoms with van der Waals surface area (Å²) in [6.07, 6.45) is 0.169. The first-order chi connectivity index (χ1) is 6.68. The van der Waals surface area contributed by atoms with Crippen molar-refractivity contribution in [3.05, 3.63) is 35.9 Å². The van der Waals surface area contributed by atoms with Gasteiger partial charge < -0.3 is 10.5 Å². The zero-order valence-electron chi connectivity index (χ0n) is 7.98. The topological polar surface area (TPSA) is 80.0 Å². The third-order valence-electron chi connectivity index (χ3n) is 1.80. The van der Waals surface area contributed by atoms with Crippen molar-refractivity contribution in [1.82, 2.24) is 0 Å². The standard InChI is InChI=1S/C10H14N2O2/c11-9(7-14-10(12)13)6-8-4-2-1-3-5-8/h1-5,9H,6-7,11H2,(H2,12,13)/p+1. The second-order valence-electron chi connectivity index (χ2n) is 3.13. The SMILES string of the molecule is NC(COC([NH3+])=O)Cc1ccccc1. The van der Waals surface area contributed by atoms with Crippen LogP contribution >= 0.6 is 0 Å². The van der Waals surface area contributed by atoms with Gasteiger partial charge in [-0.25, -0.2) is 0 Å². The molecule has 4 nitrogen and oxygen atoms in total. The maximum atomic E-state index is 10.4. The highest BCUT2D eigenvalue weighted by atomic mass is 16.5. The van der Waals surface area contributed by atoms with Crippen molar-refractivity contribution in [2.24, 2.45) is 5.73 Å². The van der Waals surface area contributed by atoms with Gasteiger partial charge in [-0.15, -0.1) is 0 Å². The number of rotatable bonds is 4. The molecule has 1 rings (SSSR count). The summed E-state index contributed by atoms with van der Waals surface area (Å²) < 4.78 is 4.70. The van der Waals surface area contributed by atoms with Gasteiger partial charge in [0.2, 0.25) is 0 Å². The minimum atomic E-state index is -0.534. The molecule has 1 aromatic carbocycles. The first-order valence-corrected chi connectivity index (χ1v) is 4.46. The monoisotopic (exact) mass is 195 g/mol. The van der Waals surface area contributed by atoms with Crippen molar-refractivity contribution in [2.45, 2.75) is 12.5 Å². The lowest BCUT2D eigenvalue weighted by atomic mass is 10.1. The van der Waals surface area contributed by atoms with E-state index in [4.69, 9.17) is 10.5 Å². The van der Waals surface area contributed by atoms with Crippen LogP contribution in [0.1, 0.15) is 5.56 Å². The molecule has 0 fully saturated rings. The molecule has 0 bridgehead atoms. The molecule has 0 saturated heterocycles. The average Bonchev–Trinajstić information content (AvgIpc) is 2.16. The van der Waals surface area contributed by atoms with Crippen molar-refractivity contribution in [2.75, 3.05) is 6.61 Å². The van der Waals surface area contributed by atoms with Crippen LogP contribution in [0.15, 0.2) is 30.3 Å². The van der Waals surface area contributed by atoms with Gasteiger partial charge in [0.25, 0.3) is 0 Å². The molecular formula is C10H15N2O2+. The third kappa shape index (κ3) is 4.02. The lowest BCUT2D eigenvalue weighted by Crippen LogP contribution is -2.57. The Morgan fingerprint density at radius 2 is 2.07 bits per heavy atom. The molecule has 0 heterocycles. The fourth-order valence-corrected chi connectivity index (χ4v) is 1.18. The highest BCUT2D eigenvalue weighted by Crippen LogP contribution is 2.01. The smallest absolute Gasteiger partial charge is 0.419 e. The van der Waals surface area contributed by atoms with Crippen LogP contribution in [0.5, 0.6) is 0 Å². The molecule has 1 atom stereocenters. The lowest BCUT2D eigenvalue weighted by molar-refractivity contribution is -0.283. The summed E-state index contributed by atoms with van der Waals surface area (Å²) in [5, 5.41) is 0. The fraction of sp³-hybridized carbons (Fsp3) is 0.300. The van der Waals surface area contributed by atoms with E-state index in [0.717, 1.165) is 5.56 Å². The van der Waals surface area contributed by atoms with Gasteiger partial charge in [0.15, 0.2) is 0 Å². The van der Waals surface area contributed by atoms with E-state index in [2.05, 4.69) is 5.73 Å². The first-order valence-electron chi connectivity index (χ1n) is 4.46. The lowest BCUT2D eigenvalue weighted by Gasteiger charge is -2.09. The normalized spacial score (nSPS) is 12.1. The molecule has 0 spiro atoms. The minimum Gasteiger partial charge on any atom is -0.419 e. The molecule has 1 aromatic rings. The number of ether oxygens (including phenoxy) is 1. The Labute approximate surface area is 82.8 Å². The highest BCUT2D eigenvalue weighted by molar-refractivity contribution is 5.53. The summed E-state index contributed by atoms with van der Waals surface area (Å²) in [5.41, 5.74) is 9.99. The predicted octanol–water partition coefficient (Wildman–Crippen LogP) is -0.0651. The van der Waals surface area contributed by atoms with Crippen LogP contribution in [0.3, 0.4) is 0 Å². The zero-order valence-corrected chi connectivity index (χ0v) is 7.98. The maximum absolute atomic E-state index is 10.4. The second-order valence-corrected chi connectivity index (χ2v) is 3.13. The van der Waals surface area contributed by atoms with E-state index in [1.54, 1.807) is 0 Å². The highest BCUT2D eigenvalue weighted by Gasteiger charge is 2.07. The molecule has 1 unspecified atom stereocenters. The summed E-state index contributed by atoms with van der Waals surface area (Å²) in [4.78, 5) is 10.4. The van der Waals surface area contributed by atoms with E-state index in [0.29, 0.717) is 6.42 Å². The largest absolute Gasteiger partial charge is 0.511 e. The molecule has 0 aliphatic heterocycles. The van der Waals surface area contributed by atoms with Gasteiger partial charge in [0.05, 0.1) is 0 Å². The Morgan fingerprint density at radius 3 is 2.64 bits per heavy atom. The van der Waals surface area contributed by atoms with Gasteiger partial charge in [-0.2, -0.15) is 4.79 Å². The van der Waals surface area contributed by atoms with Crippen LogP contribution < -0.4 is 11.5 Å². The quantitative estimate of drug-likeness (QED) is 0.706. The van der Waals surface area contributed by atoms with E-state index in [-0.39, 0.29) is 12.6 Å². The van der Waals surface area contributed by atoms with E-state index in [1.807, 2.05) is 30.3 Å². The summed E-state index contributed by atoms with van der Waals surface area (Å²) in [5.74, 6) is 0. The predicted molar refractivity (Wildman–Crippen MR) is 52.4 cm³/mol. The van der Waals surface area contributed by atoms with Crippen LogP contribution in [-0.4, -0.2) is 18.7 Å².